The van der Waals surface area contributed by atoms with E-state index in [9.17, 15) is 8.78 Å². The minimum absolute atomic E-state index is 0.272. The molecule has 122 valence electrons. The zero-order valence-corrected chi connectivity index (χ0v) is 13.1. The van der Waals surface area contributed by atoms with E-state index in [4.69, 9.17) is 4.42 Å². The first-order valence-electron chi connectivity index (χ1n) is 7.78. The monoisotopic (exact) mass is 333 g/mol. The first kappa shape index (κ1) is 15.3. The van der Waals surface area contributed by atoms with Gasteiger partial charge in [-0.3, -0.25) is 0 Å². The first-order chi connectivity index (χ1) is 12.2. The molecule has 1 heterocycles. The maximum atomic E-state index is 13.7. The van der Waals surface area contributed by atoms with Crippen LogP contribution in [0.5, 0.6) is 0 Å². The van der Waals surface area contributed by atoms with Crippen molar-refractivity contribution in [2.75, 3.05) is 0 Å². The highest BCUT2D eigenvalue weighted by molar-refractivity contribution is 5.81. The van der Waals surface area contributed by atoms with Gasteiger partial charge in [-0.05, 0) is 41.5 Å². The molecule has 3 aromatic carbocycles. The van der Waals surface area contributed by atoms with Crippen molar-refractivity contribution < 1.29 is 13.2 Å². The van der Waals surface area contributed by atoms with E-state index < -0.39 is 11.6 Å². The SMILES string of the molecule is Fc1ccc(/C=C/c2nc3ccc(-c4ccccc4)cc3o2)c(F)c1. The molecule has 0 N–H and O–H groups in total. The van der Waals surface area contributed by atoms with Crippen molar-refractivity contribution in [2.24, 2.45) is 0 Å². The second kappa shape index (κ2) is 6.32. The van der Waals surface area contributed by atoms with Gasteiger partial charge in [0.1, 0.15) is 17.2 Å². The lowest BCUT2D eigenvalue weighted by Crippen LogP contribution is -1.83. The standard InChI is InChI=1S/C21H13F2NO/c22-17-9-6-15(18(23)13-17)8-11-21-24-19-10-7-16(12-20(19)25-21)14-4-2-1-3-5-14/h1-13H/b11-8+. The van der Waals surface area contributed by atoms with E-state index in [1.807, 2.05) is 48.5 Å². The third-order valence-electron chi connectivity index (χ3n) is 3.88. The highest BCUT2D eigenvalue weighted by atomic mass is 19.1. The van der Waals surface area contributed by atoms with Gasteiger partial charge in [-0.2, -0.15) is 0 Å². The van der Waals surface area contributed by atoms with Crippen LogP contribution in [0, 0.1) is 11.6 Å². The molecule has 0 aliphatic rings. The summed E-state index contributed by atoms with van der Waals surface area (Å²) in [5.41, 5.74) is 3.77. The van der Waals surface area contributed by atoms with Crippen LogP contribution in [0.4, 0.5) is 8.78 Å². The molecule has 0 bridgehead atoms. The summed E-state index contributed by atoms with van der Waals surface area (Å²) in [6.07, 6.45) is 3.08. The van der Waals surface area contributed by atoms with Crippen LogP contribution in [0.25, 0.3) is 34.4 Å². The zero-order valence-electron chi connectivity index (χ0n) is 13.1. The molecule has 0 aliphatic carbocycles. The van der Waals surface area contributed by atoms with E-state index in [0.717, 1.165) is 22.7 Å². The maximum Gasteiger partial charge on any atom is 0.220 e. The second-order valence-corrected chi connectivity index (χ2v) is 5.60. The number of oxazole rings is 1. The number of hydrogen-bond donors (Lipinski definition) is 0. The van der Waals surface area contributed by atoms with Crippen molar-refractivity contribution in [1.82, 2.24) is 4.98 Å². The number of rotatable bonds is 3. The summed E-state index contributed by atoms with van der Waals surface area (Å²) in [6.45, 7) is 0. The molecule has 0 saturated heterocycles. The lowest BCUT2D eigenvalue weighted by molar-refractivity contribution is 0.581. The molecule has 0 radical (unpaired) electrons. The van der Waals surface area contributed by atoms with Gasteiger partial charge in [0.05, 0.1) is 0 Å². The lowest BCUT2D eigenvalue weighted by Gasteiger charge is -1.99. The lowest BCUT2D eigenvalue weighted by atomic mass is 10.1. The zero-order chi connectivity index (χ0) is 17.2. The Morgan fingerprint density at radius 3 is 2.44 bits per heavy atom. The fraction of sp³-hybridized carbons (Fsp3) is 0. The number of aromatic nitrogens is 1. The van der Waals surface area contributed by atoms with Crippen molar-refractivity contribution in [3.05, 3.63) is 89.8 Å². The van der Waals surface area contributed by atoms with Gasteiger partial charge in [0.2, 0.25) is 5.89 Å². The van der Waals surface area contributed by atoms with Crippen molar-refractivity contribution in [1.29, 1.82) is 0 Å². The van der Waals surface area contributed by atoms with Gasteiger partial charge in [0.15, 0.2) is 5.58 Å². The van der Waals surface area contributed by atoms with E-state index in [-0.39, 0.29) is 5.56 Å². The summed E-state index contributed by atoms with van der Waals surface area (Å²) in [5.74, 6) is -0.868. The minimum atomic E-state index is -0.626. The van der Waals surface area contributed by atoms with Gasteiger partial charge in [-0.25, -0.2) is 13.8 Å². The Morgan fingerprint density at radius 2 is 1.64 bits per heavy atom. The van der Waals surface area contributed by atoms with E-state index in [1.54, 1.807) is 6.08 Å². The molecule has 2 nitrogen and oxygen atoms in total. The molecule has 4 aromatic rings. The van der Waals surface area contributed by atoms with E-state index in [1.165, 1.54) is 18.2 Å². The molecule has 0 aliphatic heterocycles. The van der Waals surface area contributed by atoms with Crippen LogP contribution in [0.3, 0.4) is 0 Å². The van der Waals surface area contributed by atoms with Crippen LogP contribution in [-0.4, -0.2) is 4.98 Å². The van der Waals surface area contributed by atoms with Crippen LogP contribution < -0.4 is 0 Å². The summed E-state index contributed by atoms with van der Waals surface area (Å²) in [6, 6.07) is 19.2. The fourth-order valence-electron chi connectivity index (χ4n) is 2.62. The number of fused-ring (bicyclic) bond motifs is 1. The second-order valence-electron chi connectivity index (χ2n) is 5.60. The highest BCUT2D eigenvalue weighted by Gasteiger charge is 2.06. The van der Waals surface area contributed by atoms with Gasteiger partial charge in [0.25, 0.3) is 0 Å². The van der Waals surface area contributed by atoms with Crippen LogP contribution >= 0.6 is 0 Å². The summed E-state index contributed by atoms with van der Waals surface area (Å²) in [5, 5.41) is 0. The van der Waals surface area contributed by atoms with Crippen LogP contribution in [0.15, 0.2) is 71.1 Å². The Hall–Kier alpha value is -3.27. The molecule has 1 aromatic heterocycles. The summed E-state index contributed by atoms with van der Waals surface area (Å²) < 4.78 is 32.3. The fourth-order valence-corrected chi connectivity index (χ4v) is 2.62. The van der Waals surface area contributed by atoms with Gasteiger partial charge < -0.3 is 4.42 Å². The molecule has 0 unspecified atom stereocenters. The highest BCUT2D eigenvalue weighted by Crippen LogP contribution is 2.25. The molecule has 4 heteroatoms. The topological polar surface area (TPSA) is 26.0 Å². The molecule has 0 spiro atoms. The molecule has 4 rings (SSSR count). The Balaban J connectivity index is 1.66. The maximum absolute atomic E-state index is 13.7. The summed E-state index contributed by atoms with van der Waals surface area (Å²) >= 11 is 0. The molecule has 0 amide bonds. The van der Waals surface area contributed by atoms with Crippen LogP contribution in [-0.2, 0) is 0 Å². The van der Waals surface area contributed by atoms with Gasteiger partial charge in [0, 0.05) is 17.7 Å². The predicted molar refractivity (Wildman–Crippen MR) is 94.7 cm³/mol. The quantitative estimate of drug-likeness (QED) is 0.463. The van der Waals surface area contributed by atoms with Crippen molar-refractivity contribution in [2.45, 2.75) is 0 Å². The molecular weight excluding hydrogens is 320 g/mol. The Morgan fingerprint density at radius 1 is 0.800 bits per heavy atom. The minimum Gasteiger partial charge on any atom is -0.437 e. The third-order valence-corrected chi connectivity index (χ3v) is 3.88. The largest absolute Gasteiger partial charge is 0.437 e. The number of halogens is 2. The van der Waals surface area contributed by atoms with E-state index >= 15 is 0 Å². The predicted octanol–water partition coefficient (Wildman–Crippen LogP) is 5.94. The van der Waals surface area contributed by atoms with Crippen LogP contribution in [0.1, 0.15) is 11.5 Å². The third kappa shape index (κ3) is 3.19. The average molecular weight is 333 g/mol. The molecular formula is C21H13F2NO. The van der Waals surface area contributed by atoms with Gasteiger partial charge in [-0.15, -0.1) is 0 Å². The summed E-state index contributed by atoms with van der Waals surface area (Å²) in [4.78, 5) is 4.36. The number of nitrogens with zero attached hydrogens (tertiary/aromatic N) is 1. The van der Waals surface area contributed by atoms with Crippen molar-refractivity contribution in [3.63, 3.8) is 0 Å². The Labute approximate surface area is 143 Å². The van der Waals surface area contributed by atoms with Crippen molar-refractivity contribution >= 4 is 23.3 Å². The number of hydrogen-bond acceptors (Lipinski definition) is 2. The first-order valence-corrected chi connectivity index (χ1v) is 7.78. The van der Waals surface area contributed by atoms with Gasteiger partial charge in [-0.1, -0.05) is 36.4 Å². The normalized spacial score (nSPS) is 11.4. The molecule has 0 fully saturated rings. The Bertz CT molecular complexity index is 1070. The Kier molecular flexibility index (Phi) is 3.86. The smallest absolute Gasteiger partial charge is 0.220 e. The molecule has 0 saturated carbocycles. The average Bonchev–Trinajstić information content (AvgIpc) is 3.04. The molecule has 25 heavy (non-hydrogen) atoms. The van der Waals surface area contributed by atoms with Gasteiger partial charge >= 0.3 is 0 Å². The van der Waals surface area contributed by atoms with Crippen LogP contribution in [0.2, 0.25) is 0 Å². The van der Waals surface area contributed by atoms with E-state index in [2.05, 4.69) is 4.98 Å². The molecule has 0 atom stereocenters. The van der Waals surface area contributed by atoms with E-state index in [0.29, 0.717) is 11.5 Å². The summed E-state index contributed by atoms with van der Waals surface area (Å²) in [7, 11) is 0. The number of benzene rings is 3. The van der Waals surface area contributed by atoms with Crippen molar-refractivity contribution in [3.8, 4) is 11.1 Å².